The van der Waals surface area contributed by atoms with Crippen LogP contribution in [0.1, 0.15) is 28.5 Å². The van der Waals surface area contributed by atoms with Gasteiger partial charge in [0.05, 0.1) is 17.8 Å². The van der Waals surface area contributed by atoms with Crippen LogP contribution in [0.3, 0.4) is 0 Å². The second-order valence-corrected chi connectivity index (χ2v) is 3.18. The molecule has 0 fully saturated rings. The van der Waals surface area contributed by atoms with Gasteiger partial charge in [0.2, 0.25) is 0 Å². The molecule has 3 nitrogen and oxygen atoms in total. The number of carbonyl (C=O) groups is 1. The van der Waals surface area contributed by atoms with Gasteiger partial charge in [-0.25, -0.2) is 0 Å². The third-order valence-electron chi connectivity index (χ3n) is 2.12. The summed E-state index contributed by atoms with van der Waals surface area (Å²) in [5.41, 5.74) is 3.36. The number of pyridine rings is 1. The van der Waals surface area contributed by atoms with Gasteiger partial charge >= 0.3 is 0 Å². The lowest BCUT2D eigenvalue weighted by molar-refractivity contribution is 0.0966. The van der Waals surface area contributed by atoms with Crippen LogP contribution in [0.25, 0.3) is 5.57 Å². The number of hydrogen-bond donors (Lipinski definition) is 1. The number of rotatable bonds is 1. The molecule has 1 amide bonds. The van der Waals surface area contributed by atoms with E-state index in [2.05, 4.69) is 16.9 Å². The highest BCUT2D eigenvalue weighted by Crippen LogP contribution is 2.18. The van der Waals surface area contributed by atoms with E-state index in [1.165, 1.54) is 0 Å². The van der Waals surface area contributed by atoms with E-state index in [9.17, 15) is 4.79 Å². The van der Waals surface area contributed by atoms with Gasteiger partial charge in [0, 0.05) is 6.20 Å². The predicted molar refractivity (Wildman–Crippen MR) is 50.1 cm³/mol. The minimum Gasteiger partial charge on any atom is -0.346 e. The van der Waals surface area contributed by atoms with Gasteiger partial charge in [0.1, 0.15) is 0 Å². The lowest BCUT2D eigenvalue weighted by Gasteiger charge is -2.00. The summed E-state index contributed by atoms with van der Waals surface area (Å²) < 4.78 is 0. The van der Waals surface area contributed by atoms with Crippen LogP contribution in [0.2, 0.25) is 0 Å². The zero-order valence-corrected chi connectivity index (χ0v) is 7.42. The Bertz CT molecular complexity index is 396. The van der Waals surface area contributed by atoms with Crippen molar-refractivity contribution >= 4 is 11.5 Å². The van der Waals surface area contributed by atoms with Gasteiger partial charge in [0.15, 0.2) is 0 Å². The Balaban J connectivity index is 2.54. The summed E-state index contributed by atoms with van der Waals surface area (Å²) in [7, 11) is 0. The van der Waals surface area contributed by atoms with E-state index in [4.69, 9.17) is 0 Å². The number of nitrogens with one attached hydrogen (secondary N) is 1. The summed E-state index contributed by atoms with van der Waals surface area (Å²) in [6.45, 7) is 6.25. The Morgan fingerprint density at radius 1 is 1.69 bits per heavy atom. The fraction of sp³-hybridized carbons (Fsp3) is 0.200. The van der Waals surface area contributed by atoms with E-state index in [0.29, 0.717) is 12.1 Å². The average Bonchev–Trinajstić information content (AvgIpc) is 2.47. The molecule has 0 atom stereocenters. The first-order chi connectivity index (χ1) is 6.18. The standard InChI is InChI=1S/C10H10N2O/c1-6(2)7-3-8-9(11-4-7)5-12-10(8)13/h3-4H,1,5H2,2H3,(H,12,13). The van der Waals surface area contributed by atoms with Crippen molar-refractivity contribution in [1.82, 2.24) is 10.3 Å². The number of carbonyl (C=O) groups excluding carboxylic acids is 1. The molecular weight excluding hydrogens is 164 g/mol. The lowest BCUT2D eigenvalue weighted by atomic mass is 10.1. The van der Waals surface area contributed by atoms with Gasteiger partial charge < -0.3 is 5.32 Å². The van der Waals surface area contributed by atoms with Crippen LogP contribution in [-0.2, 0) is 6.54 Å². The van der Waals surface area contributed by atoms with Gasteiger partial charge in [0.25, 0.3) is 5.91 Å². The summed E-state index contributed by atoms with van der Waals surface area (Å²) >= 11 is 0. The summed E-state index contributed by atoms with van der Waals surface area (Å²) in [5.74, 6) is -0.0365. The van der Waals surface area contributed by atoms with E-state index < -0.39 is 0 Å². The van der Waals surface area contributed by atoms with Crippen molar-refractivity contribution in [3.05, 3.63) is 35.7 Å². The molecule has 1 aromatic heterocycles. The third kappa shape index (κ3) is 1.22. The zero-order valence-electron chi connectivity index (χ0n) is 7.42. The first-order valence-corrected chi connectivity index (χ1v) is 4.11. The van der Waals surface area contributed by atoms with Crippen molar-refractivity contribution in [3.8, 4) is 0 Å². The van der Waals surface area contributed by atoms with Crippen LogP contribution in [0.15, 0.2) is 18.8 Å². The number of fused-ring (bicyclic) bond motifs is 1. The number of aromatic nitrogens is 1. The number of hydrogen-bond acceptors (Lipinski definition) is 2. The molecule has 0 saturated carbocycles. The maximum Gasteiger partial charge on any atom is 0.253 e. The molecular formula is C10H10N2O. The maximum absolute atomic E-state index is 11.3. The molecule has 0 spiro atoms. The molecule has 0 saturated heterocycles. The second kappa shape index (κ2) is 2.69. The summed E-state index contributed by atoms with van der Waals surface area (Å²) in [4.78, 5) is 15.4. The molecule has 1 N–H and O–H groups in total. The zero-order chi connectivity index (χ0) is 9.42. The smallest absolute Gasteiger partial charge is 0.253 e. The molecule has 2 rings (SSSR count). The number of nitrogens with zero attached hydrogens (tertiary/aromatic N) is 1. The molecule has 0 bridgehead atoms. The molecule has 66 valence electrons. The Kier molecular flexibility index (Phi) is 1.65. The van der Waals surface area contributed by atoms with Crippen LogP contribution in [0.5, 0.6) is 0 Å². The summed E-state index contributed by atoms with van der Waals surface area (Å²) in [6.07, 6.45) is 1.75. The van der Waals surface area contributed by atoms with Crippen LogP contribution < -0.4 is 5.32 Å². The van der Waals surface area contributed by atoms with Gasteiger partial charge in [-0.3, -0.25) is 9.78 Å². The van der Waals surface area contributed by atoms with Crippen LogP contribution >= 0.6 is 0 Å². The Morgan fingerprint density at radius 3 is 3.15 bits per heavy atom. The van der Waals surface area contributed by atoms with Crippen LogP contribution in [0, 0.1) is 0 Å². The summed E-state index contributed by atoms with van der Waals surface area (Å²) in [5, 5.41) is 2.72. The highest BCUT2D eigenvalue weighted by Gasteiger charge is 2.19. The van der Waals surface area contributed by atoms with Crippen LogP contribution in [-0.4, -0.2) is 10.9 Å². The fourth-order valence-electron chi connectivity index (χ4n) is 1.32. The van der Waals surface area contributed by atoms with Gasteiger partial charge in [-0.15, -0.1) is 0 Å². The molecule has 1 aliphatic rings. The molecule has 0 unspecified atom stereocenters. The second-order valence-electron chi connectivity index (χ2n) is 3.18. The van der Waals surface area contributed by atoms with Gasteiger partial charge in [-0.05, 0) is 24.1 Å². The highest BCUT2D eigenvalue weighted by atomic mass is 16.1. The Labute approximate surface area is 76.5 Å². The van der Waals surface area contributed by atoms with Crippen molar-refractivity contribution in [2.45, 2.75) is 13.5 Å². The SMILES string of the molecule is C=C(C)c1cnc2c(c1)C(=O)NC2. The molecule has 3 heteroatoms. The first kappa shape index (κ1) is 7.98. The highest BCUT2D eigenvalue weighted by molar-refractivity contribution is 5.98. The van der Waals surface area contributed by atoms with E-state index >= 15 is 0 Å². The van der Waals surface area contributed by atoms with Gasteiger partial charge in [-0.1, -0.05) is 6.58 Å². The molecule has 0 aliphatic carbocycles. The average molecular weight is 174 g/mol. The fourth-order valence-corrected chi connectivity index (χ4v) is 1.32. The van der Waals surface area contributed by atoms with Crippen molar-refractivity contribution in [2.24, 2.45) is 0 Å². The maximum atomic E-state index is 11.3. The van der Waals surface area contributed by atoms with E-state index in [-0.39, 0.29) is 5.91 Å². The first-order valence-electron chi connectivity index (χ1n) is 4.11. The predicted octanol–water partition coefficient (Wildman–Crippen LogP) is 1.36. The van der Waals surface area contributed by atoms with E-state index in [0.717, 1.165) is 16.8 Å². The largest absolute Gasteiger partial charge is 0.346 e. The minimum atomic E-state index is -0.0365. The summed E-state index contributed by atoms with van der Waals surface area (Å²) in [6, 6.07) is 1.84. The van der Waals surface area contributed by atoms with Crippen molar-refractivity contribution < 1.29 is 4.79 Å². The molecule has 13 heavy (non-hydrogen) atoms. The molecule has 0 radical (unpaired) electrons. The van der Waals surface area contributed by atoms with E-state index in [1.54, 1.807) is 6.20 Å². The third-order valence-corrected chi connectivity index (χ3v) is 2.12. The van der Waals surface area contributed by atoms with Crippen molar-refractivity contribution in [2.75, 3.05) is 0 Å². The quantitative estimate of drug-likeness (QED) is 0.698. The Morgan fingerprint density at radius 2 is 2.46 bits per heavy atom. The van der Waals surface area contributed by atoms with Crippen LogP contribution in [0.4, 0.5) is 0 Å². The van der Waals surface area contributed by atoms with E-state index in [1.807, 2.05) is 13.0 Å². The lowest BCUT2D eigenvalue weighted by Crippen LogP contribution is -2.12. The van der Waals surface area contributed by atoms with Crippen molar-refractivity contribution in [1.29, 1.82) is 0 Å². The normalized spacial score (nSPS) is 13.8. The number of allylic oxidation sites excluding steroid dienone is 1. The molecule has 0 aromatic carbocycles. The molecule has 2 heterocycles. The Hall–Kier alpha value is -1.64. The monoisotopic (exact) mass is 174 g/mol. The van der Waals surface area contributed by atoms with Gasteiger partial charge in [-0.2, -0.15) is 0 Å². The van der Waals surface area contributed by atoms with Crippen molar-refractivity contribution in [3.63, 3.8) is 0 Å². The minimum absolute atomic E-state index is 0.0365. The molecule has 1 aliphatic heterocycles. The molecule has 1 aromatic rings. The topological polar surface area (TPSA) is 42.0 Å². The number of amides is 1.